The van der Waals surface area contributed by atoms with E-state index < -0.39 is 0 Å². The number of hydrogen-bond donors (Lipinski definition) is 3. The largest absolute Gasteiger partial charge is 0.372 e. The SMILES string of the molecule is CNc1cc(C(=O)NC2CCC2)[nH]n1. The van der Waals surface area contributed by atoms with Gasteiger partial charge in [0.1, 0.15) is 11.5 Å². The van der Waals surface area contributed by atoms with Crippen molar-refractivity contribution in [3.05, 3.63) is 11.8 Å². The number of aromatic amines is 1. The van der Waals surface area contributed by atoms with Crippen LogP contribution in [0.25, 0.3) is 0 Å². The molecule has 0 radical (unpaired) electrons. The highest BCUT2D eigenvalue weighted by Crippen LogP contribution is 2.18. The van der Waals surface area contributed by atoms with E-state index in [1.807, 2.05) is 0 Å². The molecule has 1 aliphatic carbocycles. The van der Waals surface area contributed by atoms with Gasteiger partial charge in [0.15, 0.2) is 0 Å². The maximum absolute atomic E-state index is 11.6. The second-order valence-electron chi connectivity index (χ2n) is 3.52. The third-order valence-electron chi connectivity index (χ3n) is 2.52. The van der Waals surface area contributed by atoms with Crippen molar-refractivity contribution < 1.29 is 4.79 Å². The minimum Gasteiger partial charge on any atom is -0.372 e. The van der Waals surface area contributed by atoms with E-state index in [4.69, 9.17) is 0 Å². The molecule has 0 bridgehead atoms. The highest BCUT2D eigenvalue weighted by Gasteiger charge is 2.20. The number of anilines is 1. The maximum atomic E-state index is 11.6. The monoisotopic (exact) mass is 194 g/mol. The standard InChI is InChI=1S/C9H14N4O/c1-10-8-5-7(12-13-8)9(14)11-6-3-2-4-6/h5-6H,2-4H2,1H3,(H,11,14)(H2,10,12,13). The number of carbonyl (C=O) groups excluding carboxylic acids is 1. The van der Waals surface area contributed by atoms with E-state index in [1.165, 1.54) is 6.42 Å². The van der Waals surface area contributed by atoms with E-state index in [1.54, 1.807) is 13.1 Å². The second-order valence-corrected chi connectivity index (χ2v) is 3.52. The summed E-state index contributed by atoms with van der Waals surface area (Å²) in [6.07, 6.45) is 3.41. The molecule has 1 aromatic rings. The van der Waals surface area contributed by atoms with Gasteiger partial charge in [-0.2, -0.15) is 5.10 Å². The van der Waals surface area contributed by atoms with Crippen LogP contribution in [0.2, 0.25) is 0 Å². The van der Waals surface area contributed by atoms with Gasteiger partial charge in [-0.1, -0.05) is 0 Å². The summed E-state index contributed by atoms with van der Waals surface area (Å²) in [6, 6.07) is 2.07. The molecule has 0 unspecified atom stereocenters. The lowest BCUT2D eigenvalue weighted by Gasteiger charge is -2.25. The predicted molar refractivity (Wildman–Crippen MR) is 53.2 cm³/mol. The summed E-state index contributed by atoms with van der Waals surface area (Å²) in [4.78, 5) is 11.6. The first-order valence-electron chi connectivity index (χ1n) is 4.83. The molecular weight excluding hydrogens is 180 g/mol. The lowest BCUT2D eigenvalue weighted by molar-refractivity contribution is 0.0912. The van der Waals surface area contributed by atoms with Gasteiger partial charge in [-0.15, -0.1) is 0 Å². The molecule has 0 aliphatic heterocycles. The third kappa shape index (κ3) is 1.71. The molecule has 1 amide bonds. The van der Waals surface area contributed by atoms with E-state index in [0.717, 1.165) is 12.8 Å². The maximum Gasteiger partial charge on any atom is 0.269 e. The fraction of sp³-hybridized carbons (Fsp3) is 0.556. The quantitative estimate of drug-likeness (QED) is 0.664. The van der Waals surface area contributed by atoms with Gasteiger partial charge in [0, 0.05) is 19.2 Å². The van der Waals surface area contributed by atoms with Gasteiger partial charge in [0.2, 0.25) is 0 Å². The molecule has 1 aromatic heterocycles. The highest BCUT2D eigenvalue weighted by molar-refractivity contribution is 5.93. The van der Waals surface area contributed by atoms with E-state index in [-0.39, 0.29) is 5.91 Å². The molecule has 2 rings (SSSR count). The number of aromatic nitrogens is 2. The summed E-state index contributed by atoms with van der Waals surface area (Å²) in [7, 11) is 1.77. The van der Waals surface area contributed by atoms with Crippen molar-refractivity contribution in [1.82, 2.24) is 15.5 Å². The number of amides is 1. The minimum atomic E-state index is -0.0660. The van der Waals surface area contributed by atoms with Crippen LogP contribution in [0.15, 0.2) is 6.07 Å². The molecule has 0 saturated heterocycles. The molecule has 0 atom stereocenters. The normalized spacial score (nSPS) is 16.1. The zero-order valence-electron chi connectivity index (χ0n) is 8.13. The fourth-order valence-electron chi connectivity index (χ4n) is 1.38. The summed E-state index contributed by atoms with van der Waals surface area (Å²) in [5.41, 5.74) is 0.515. The summed E-state index contributed by atoms with van der Waals surface area (Å²) < 4.78 is 0. The summed E-state index contributed by atoms with van der Waals surface area (Å²) in [6.45, 7) is 0. The van der Waals surface area contributed by atoms with Gasteiger partial charge in [0.05, 0.1) is 0 Å². The molecule has 0 aromatic carbocycles. The first-order valence-corrected chi connectivity index (χ1v) is 4.83. The molecule has 1 heterocycles. The average molecular weight is 194 g/mol. The van der Waals surface area contributed by atoms with Crippen LogP contribution in [-0.4, -0.2) is 29.2 Å². The third-order valence-corrected chi connectivity index (χ3v) is 2.52. The van der Waals surface area contributed by atoms with E-state index in [0.29, 0.717) is 17.6 Å². The Labute approximate surface area is 82.3 Å². The molecule has 3 N–H and O–H groups in total. The lowest BCUT2D eigenvalue weighted by Crippen LogP contribution is -2.39. The van der Waals surface area contributed by atoms with Crippen LogP contribution >= 0.6 is 0 Å². The van der Waals surface area contributed by atoms with Crippen molar-refractivity contribution >= 4 is 11.7 Å². The number of hydrogen-bond acceptors (Lipinski definition) is 3. The van der Waals surface area contributed by atoms with Crippen LogP contribution in [0.3, 0.4) is 0 Å². The molecular formula is C9H14N4O. The molecule has 5 nitrogen and oxygen atoms in total. The first kappa shape index (κ1) is 9.05. The van der Waals surface area contributed by atoms with E-state index >= 15 is 0 Å². The highest BCUT2D eigenvalue weighted by atomic mass is 16.2. The van der Waals surface area contributed by atoms with Crippen LogP contribution in [0.5, 0.6) is 0 Å². The van der Waals surface area contributed by atoms with Gasteiger partial charge in [0.25, 0.3) is 5.91 Å². The van der Waals surface area contributed by atoms with Crippen molar-refractivity contribution in [3.63, 3.8) is 0 Å². The van der Waals surface area contributed by atoms with Gasteiger partial charge in [-0.05, 0) is 19.3 Å². The smallest absolute Gasteiger partial charge is 0.269 e. The Hall–Kier alpha value is -1.52. The predicted octanol–water partition coefficient (Wildman–Crippen LogP) is 0.734. The Morgan fingerprint density at radius 1 is 1.64 bits per heavy atom. The van der Waals surface area contributed by atoms with Crippen LogP contribution in [0.4, 0.5) is 5.82 Å². The van der Waals surface area contributed by atoms with Crippen molar-refractivity contribution in [2.24, 2.45) is 0 Å². The molecule has 1 saturated carbocycles. The van der Waals surface area contributed by atoms with Gasteiger partial charge >= 0.3 is 0 Å². The van der Waals surface area contributed by atoms with Crippen molar-refractivity contribution in [2.45, 2.75) is 25.3 Å². The second kappa shape index (κ2) is 3.69. The van der Waals surface area contributed by atoms with Gasteiger partial charge < -0.3 is 10.6 Å². The van der Waals surface area contributed by atoms with Gasteiger partial charge in [-0.3, -0.25) is 9.89 Å². The van der Waals surface area contributed by atoms with Crippen molar-refractivity contribution in [3.8, 4) is 0 Å². The number of nitrogens with zero attached hydrogens (tertiary/aromatic N) is 1. The van der Waals surface area contributed by atoms with Crippen LogP contribution in [0, 0.1) is 0 Å². The molecule has 0 spiro atoms. The van der Waals surface area contributed by atoms with Crippen LogP contribution in [-0.2, 0) is 0 Å². The van der Waals surface area contributed by atoms with Crippen LogP contribution < -0.4 is 10.6 Å². The fourth-order valence-corrected chi connectivity index (χ4v) is 1.38. The molecule has 5 heteroatoms. The minimum absolute atomic E-state index is 0.0660. The van der Waals surface area contributed by atoms with Crippen molar-refractivity contribution in [2.75, 3.05) is 12.4 Å². The lowest BCUT2D eigenvalue weighted by atomic mass is 9.93. The summed E-state index contributed by atoms with van der Waals surface area (Å²) in [5, 5.41) is 12.4. The number of carbonyl (C=O) groups is 1. The van der Waals surface area contributed by atoms with Crippen LogP contribution in [0.1, 0.15) is 29.8 Å². The Morgan fingerprint density at radius 2 is 2.43 bits per heavy atom. The van der Waals surface area contributed by atoms with E-state index in [2.05, 4.69) is 20.8 Å². The Kier molecular flexibility index (Phi) is 2.39. The number of H-pyrrole nitrogens is 1. The Balaban J connectivity index is 1.95. The average Bonchev–Trinajstić information content (AvgIpc) is 2.59. The molecule has 1 aliphatic rings. The topological polar surface area (TPSA) is 69.8 Å². The Bertz CT molecular complexity index is 329. The molecule has 1 fully saturated rings. The Morgan fingerprint density at radius 3 is 2.93 bits per heavy atom. The molecule has 14 heavy (non-hydrogen) atoms. The van der Waals surface area contributed by atoms with E-state index in [9.17, 15) is 4.79 Å². The first-order chi connectivity index (χ1) is 6.79. The summed E-state index contributed by atoms with van der Waals surface area (Å²) >= 11 is 0. The summed E-state index contributed by atoms with van der Waals surface area (Å²) in [5.74, 6) is 0.618. The molecule has 76 valence electrons. The zero-order valence-corrected chi connectivity index (χ0v) is 8.13. The van der Waals surface area contributed by atoms with Crippen molar-refractivity contribution in [1.29, 1.82) is 0 Å². The van der Waals surface area contributed by atoms with Gasteiger partial charge in [-0.25, -0.2) is 0 Å². The number of rotatable bonds is 3. The zero-order chi connectivity index (χ0) is 9.97. The number of nitrogens with one attached hydrogen (secondary N) is 3.